The Labute approximate surface area is 655 Å². The molecule has 0 N–H and O–H groups in total. The summed E-state index contributed by atoms with van der Waals surface area (Å²) in [5.74, 6) is 26.3. The smallest absolute Gasteiger partial charge is 0.0102 e. The maximum atomic E-state index is 3.40. The van der Waals surface area contributed by atoms with E-state index in [0.29, 0.717) is 0 Å². The molecule has 0 aromatic rings. The largest absolute Gasteiger partial charge is 0.294 e. The highest BCUT2D eigenvalue weighted by molar-refractivity contribution is 5.12. The average molecular weight is 1450 g/mol. The summed E-state index contributed by atoms with van der Waals surface area (Å²) in [5, 5.41) is 0. The molecule has 16 atom stereocenters. The first-order valence-electron chi connectivity index (χ1n) is 50.8. The Morgan fingerprint density at radius 2 is 0.292 bits per heavy atom. The quantitative estimate of drug-likeness (QED) is 0.134. The van der Waals surface area contributed by atoms with E-state index in [0.717, 1.165) is 190 Å². The van der Waals surface area contributed by atoms with Crippen molar-refractivity contribution >= 4 is 0 Å². The van der Waals surface area contributed by atoms with Crippen LogP contribution in [0.2, 0.25) is 0 Å². The van der Waals surface area contributed by atoms with Gasteiger partial charge >= 0.3 is 0 Å². The molecule has 18 fully saturated rings. The molecule has 0 spiro atoms. The number of nitrogens with zero attached hydrogens (tertiary/aromatic N) is 2. The van der Waals surface area contributed by atoms with E-state index in [-0.39, 0.29) is 0 Å². The number of allylic oxidation sites excluding steroid dienone is 8. The van der Waals surface area contributed by atoms with Crippen LogP contribution in [-0.2, 0) is 0 Å². The van der Waals surface area contributed by atoms with Crippen LogP contribution in [0.4, 0.5) is 0 Å². The summed E-state index contributed by atoms with van der Waals surface area (Å²) in [6.45, 7) is 0. The minimum Gasteiger partial charge on any atom is -0.294 e. The van der Waals surface area contributed by atoms with Crippen LogP contribution in [0.1, 0.15) is 411 Å². The molecule has 0 bridgehead atoms. The molecule has 0 radical (unpaired) electrons. The maximum Gasteiger partial charge on any atom is 0.0102 e. The van der Waals surface area contributed by atoms with Crippen LogP contribution >= 0.6 is 0 Å². The van der Waals surface area contributed by atoms with Gasteiger partial charge in [0.25, 0.3) is 0 Å². The molecule has 0 aromatic carbocycles. The molecule has 16 unspecified atom stereocenters. The maximum absolute atomic E-state index is 3.40. The van der Waals surface area contributed by atoms with Gasteiger partial charge in [0, 0.05) is 36.3 Å². The van der Waals surface area contributed by atoms with Crippen molar-refractivity contribution in [3.63, 3.8) is 0 Å². The van der Waals surface area contributed by atoms with Crippen molar-refractivity contribution in [3.05, 3.63) is 48.6 Å². The summed E-state index contributed by atoms with van der Waals surface area (Å²) in [5.41, 5.74) is 0. The first kappa shape index (κ1) is 76.2. The molecule has 0 aliphatic heterocycles. The van der Waals surface area contributed by atoms with E-state index in [1.807, 2.05) is 0 Å². The first-order valence-corrected chi connectivity index (χ1v) is 50.8. The van der Waals surface area contributed by atoms with Crippen LogP contribution in [0.15, 0.2) is 48.6 Å². The van der Waals surface area contributed by atoms with Crippen molar-refractivity contribution in [1.29, 1.82) is 0 Å². The Kier molecular flexibility index (Phi) is 26.4. The minimum absolute atomic E-state index is 0.854. The lowest BCUT2D eigenvalue weighted by Crippen LogP contribution is -2.57. The third-order valence-electron chi connectivity index (χ3n) is 39.2. The summed E-state index contributed by atoms with van der Waals surface area (Å²) in [6, 6.07) is 5.15. The second kappa shape index (κ2) is 36.8. The van der Waals surface area contributed by atoms with Gasteiger partial charge in [-0.25, -0.2) is 0 Å². The third kappa shape index (κ3) is 17.5. The van der Waals surface area contributed by atoms with E-state index in [2.05, 4.69) is 58.4 Å². The standard InChI is InChI=1S/C104H168N2/c1-5-17-73(18-6-1)29-33-77-37-51-85(52-38-77)105(86-53-39-78(40-54-86)34-30-74-19-7-2-8-20-74)89-59-45-83(46-60-89)93-65-69-101(103-97(93)71-67-95-91-27-15-13-25-81(91)49-63-99(95)103)102-70-66-94(98-72-68-96-92-28-16-14-26-82(92)50-64-100(96)104(98)102)84-47-61-90(62-48-84)106(87-55-41-79(42-56-87)35-31-75-21-9-3-10-22-75)88-57-43-80(44-58-88)36-32-76-23-11-4-12-24-76/h29-36,73-104H,1-28,37-72H2. The van der Waals surface area contributed by atoms with E-state index >= 15 is 0 Å². The van der Waals surface area contributed by atoms with E-state index in [9.17, 15) is 0 Å². The molecule has 0 heterocycles. The Hall–Kier alpha value is -1.12. The van der Waals surface area contributed by atoms with Crippen LogP contribution < -0.4 is 0 Å². The SMILES string of the molecule is C(=CC1CCC(N(C2CCC(C=CC3CCCCC3)CC2)C2CCC(C3CCC(C4CCC(C5CCC(N(C6CCC(C=CC7CCCCC7)CC6)C6CCC(C=CC7CCCCC7)CC6)CC5)C5CCC6C7CCCCC7CCC6C54)C4C3CCC3C5CCCCC5CCC34)CC2)CC1)C1CCCCC1. The third-order valence-corrected chi connectivity index (χ3v) is 39.2. The Balaban J connectivity index is 0.576. The molecular weight excluding hydrogens is 1280 g/mol. The van der Waals surface area contributed by atoms with Crippen molar-refractivity contribution in [3.8, 4) is 0 Å². The highest BCUT2D eigenvalue weighted by Gasteiger charge is 2.61. The topological polar surface area (TPSA) is 6.48 Å². The Morgan fingerprint density at radius 3 is 0.575 bits per heavy atom. The molecule has 106 heavy (non-hydrogen) atoms. The van der Waals surface area contributed by atoms with Gasteiger partial charge < -0.3 is 0 Å². The lowest BCUT2D eigenvalue weighted by atomic mass is 9.41. The van der Waals surface area contributed by atoms with Gasteiger partial charge in [-0.1, -0.05) is 164 Å². The van der Waals surface area contributed by atoms with Gasteiger partial charge in [0.1, 0.15) is 0 Å². The summed E-state index contributed by atoms with van der Waals surface area (Å²) in [6.07, 6.45) is 120. The van der Waals surface area contributed by atoms with E-state index in [1.165, 1.54) is 231 Å². The molecular formula is C104H168N2. The zero-order valence-electron chi connectivity index (χ0n) is 69.2. The van der Waals surface area contributed by atoms with E-state index < -0.39 is 0 Å². The molecule has 0 saturated heterocycles. The number of rotatable bonds is 17. The average Bonchev–Trinajstić information content (AvgIpc) is 0.719. The minimum atomic E-state index is 0.854. The Morgan fingerprint density at radius 1 is 0.123 bits per heavy atom. The van der Waals surface area contributed by atoms with Crippen molar-refractivity contribution in [2.24, 2.45) is 154 Å². The van der Waals surface area contributed by atoms with Crippen molar-refractivity contribution in [2.45, 2.75) is 447 Å². The lowest BCUT2D eigenvalue weighted by molar-refractivity contribution is -0.152. The van der Waals surface area contributed by atoms with Crippen LogP contribution in [0.25, 0.3) is 0 Å². The highest BCUT2D eigenvalue weighted by Crippen LogP contribution is 2.68. The number of hydrogen-bond donors (Lipinski definition) is 0. The van der Waals surface area contributed by atoms with Crippen LogP contribution in [0, 0.1) is 154 Å². The van der Waals surface area contributed by atoms with Gasteiger partial charge in [0.2, 0.25) is 0 Å². The molecule has 18 aliphatic rings. The van der Waals surface area contributed by atoms with Crippen LogP contribution in [0.3, 0.4) is 0 Å². The number of fused-ring (bicyclic) bond motifs is 10. The molecule has 18 saturated carbocycles. The van der Waals surface area contributed by atoms with Gasteiger partial charge in [-0.15, -0.1) is 0 Å². The van der Waals surface area contributed by atoms with Gasteiger partial charge in [0.05, 0.1) is 0 Å². The molecule has 18 rings (SSSR count). The molecule has 594 valence electrons. The van der Waals surface area contributed by atoms with Gasteiger partial charge in [-0.2, -0.15) is 0 Å². The molecule has 18 aliphatic carbocycles. The highest BCUT2D eigenvalue weighted by atomic mass is 15.2. The monoisotopic (exact) mass is 1450 g/mol. The van der Waals surface area contributed by atoms with Gasteiger partial charge in [-0.3, -0.25) is 9.80 Å². The summed E-state index contributed by atoms with van der Waals surface area (Å²) in [4.78, 5) is 6.81. The van der Waals surface area contributed by atoms with E-state index in [4.69, 9.17) is 0 Å². The van der Waals surface area contributed by atoms with Crippen molar-refractivity contribution in [1.82, 2.24) is 9.80 Å². The fourth-order valence-corrected chi connectivity index (χ4v) is 34.2. The first-order chi connectivity index (χ1) is 52.5. The fraction of sp³-hybridized carbons (Fsp3) is 0.923. The van der Waals surface area contributed by atoms with E-state index in [1.54, 1.807) is 180 Å². The summed E-state index contributed by atoms with van der Waals surface area (Å²) >= 11 is 0. The second-order valence-electron chi connectivity index (χ2n) is 44.1. The fourth-order valence-electron chi connectivity index (χ4n) is 34.2. The predicted molar refractivity (Wildman–Crippen MR) is 449 cm³/mol. The number of hydrogen-bond acceptors (Lipinski definition) is 2. The lowest BCUT2D eigenvalue weighted by Gasteiger charge is -2.64. The molecule has 0 amide bonds. The zero-order valence-corrected chi connectivity index (χ0v) is 69.2. The molecule has 2 nitrogen and oxygen atoms in total. The zero-order chi connectivity index (χ0) is 70.5. The summed E-state index contributed by atoms with van der Waals surface area (Å²) < 4.78 is 0. The van der Waals surface area contributed by atoms with Gasteiger partial charge in [-0.05, 0) is 449 Å². The Bertz CT molecular complexity index is 2450. The van der Waals surface area contributed by atoms with Gasteiger partial charge in [0.15, 0.2) is 0 Å². The van der Waals surface area contributed by atoms with Crippen LogP contribution in [-0.4, -0.2) is 46.1 Å². The molecule has 2 heteroatoms. The molecule has 0 aromatic heterocycles. The van der Waals surface area contributed by atoms with Crippen molar-refractivity contribution in [2.75, 3.05) is 0 Å². The summed E-state index contributed by atoms with van der Waals surface area (Å²) in [7, 11) is 0. The normalized spacial score (nSPS) is 46.8. The second-order valence-corrected chi connectivity index (χ2v) is 44.1. The van der Waals surface area contributed by atoms with Crippen LogP contribution in [0.5, 0.6) is 0 Å². The predicted octanol–water partition coefficient (Wildman–Crippen LogP) is 29.3. The van der Waals surface area contributed by atoms with Crippen molar-refractivity contribution < 1.29 is 0 Å².